The Morgan fingerprint density at radius 3 is 2.48 bits per heavy atom. The molecule has 2 heterocycles. The Kier molecular flexibility index (Phi) is 5.49. The predicted octanol–water partition coefficient (Wildman–Crippen LogP) is 5.10. The number of nitrogens with one attached hydrogen (secondary N) is 1. The van der Waals surface area contributed by atoms with Gasteiger partial charge >= 0.3 is 0 Å². The minimum atomic E-state index is -1.03. The highest BCUT2D eigenvalue weighted by Gasteiger charge is 2.25. The molecule has 0 unspecified atom stereocenters. The zero-order chi connectivity index (χ0) is 22.0. The molecule has 0 bridgehead atoms. The van der Waals surface area contributed by atoms with E-state index in [2.05, 4.69) is 5.32 Å². The number of nitrogens with zero attached hydrogens (tertiary/aromatic N) is 1. The summed E-state index contributed by atoms with van der Waals surface area (Å²) < 4.78 is 34.1. The van der Waals surface area contributed by atoms with Crippen molar-refractivity contribution in [1.29, 1.82) is 0 Å². The smallest absolute Gasteiger partial charge is 0.298 e. The van der Waals surface area contributed by atoms with Crippen LogP contribution in [0.5, 0.6) is 5.75 Å². The largest absolute Gasteiger partial charge is 0.494 e. The van der Waals surface area contributed by atoms with Gasteiger partial charge in [-0.25, -0.2) is 8.78 Å². The molecule has 0 atom stereocenters. The van der Waals surface area contributed by atoms with Crippen molar-refractivity contribution < 1.29 is 23.1 Å². The van der Waals surface area contributed by atoms with Crippen LogP contribution in [0.25, 0.3) is 16.6 Å². The number of halogens is 2. The molecule has 0 radical (unpaired) electrons. The Balaban J connectivity index is 1.74. The molecule has 0 aliphatic carbocycles. The zero-order valence-corrected chi connectivity index (χ0v) is 16.6. The number of ketones is 1. The molecular weight excluding hydrogens is 402 g/mol. The van der Waals surface area contributed by atoms with Gasteiger partial charge in [-0.1, -0.05) is 18.2 Å². The van der Waals surface area contributed by atoms with E-state index < -0.39 is 23.3 Å². The van der Waals surface area contributed by atoms with Gasteiger partial charge in [0.15, 0.2) is 0 Å². The third-order valence-electron chi connectivity index (χ3n) is 4.76. The topological polar surface area (TPSA) is 59.8 Å². The van der Waals surface area contributed by atoms with Crippen molar-refractivity contribution in [2.75, 3.05) is 11.9 Å². The third kappa shape index (κ3) is 4.02. The molecule has 1 amide bonds. The monoisotopic (exact) mass is 420 g/mol. The van der Waals surface area contributed by atoms with Crippen LogP contribution in [0.15, 0.2) is 72.9 Å². The number of hydrogen-bond acceptors (Lipinski definition) is 3. The number of carbonyl (C=O) groups excluding carboxylic acids is 2. The minimum Gasteiger partial charge on any atom is -0.494 e. The molecule has 4 rings (SSSR count). The summed E-state index contributed by atoms with van der Waals surface area (Å²) in [6.45, 7) is 2.41. The average Bonchev–Trinajstić information content (AvgIpc) is 3.15. The van der Waals surface area contributed by atoms with Gasteiger partial charge in [-0.15, -0.1) is 0 Å². The summed E-state index contributed by atoms with van der Waals surface area (Å²) in [5, 5.41) is 2.23. The van der Waals surface area contributed by atoms with E-state index in [-0.39, 0.29) is 11.4 Å². The van der Waals surface area contributed by atoms with Gasteiger partial charge in [-0.3, -0.25) is 9.59 Å². The van der Waals surface area contributed by atoms with Crippen molar-refractivity contribution in [2.45, 2.75) is 6.92 Å². The Hall–Kier alpha value is -4.00. The predicted molar refractivity (Wildman–Crippen MR) is 113 cm³/mol. The first kappa shape index (κ1) is 20.3. The number of ether oxygens (including phenoxy) is 1. The van der Waals surface area contributed by atoms with Crippen LogP contribution in [-0.2, 0) is 4.79 Å². The number of amides is 1. The Morgan fingerprint density at radius 1 is 1.00 bits per heavy atom. The number of Topliss-reactive ketones (excluding diaryl/α,β-unsaturated/α-hetero) is 1. The van der Waals surface area contributed by atoms with Crippen LogP contribution >= 0.6 is 0 Å². The first-order chi connectivity index (χ1) is 15.0. The standard InChI is InChI=1S/C24H18F2N2O3/c1-2-31-18-9-6-15(7-10-18)19-14-17-5-3-4-12-28(17)22(19)23(29)24(30)27-21-11-8-16(25)13-20(21)26/h3-14H,2H2,1H3,(H,27,30). The average molecular weight is 420 g/mol. The molecule has 0 aliphatic rings. The summed E-state index contributed by atoms with van der Waals surface area (Å²) in [5.74, 6) is -2.93. The van der Waals surface area contributed by atoms with E-state index in [9.17, 15) is 18.4 Å². The van der Waals surface area contributed by atoms with Gasteiger partial charge in [-0.05, 0) is 55.0 Å². The van der Waals surface area contributed by atoms with Gasteiger partial charge in [-0.2, -0.15) is 0 Å². The van der Waals surface area contributed by atoms with E-state index in [4.69, 9.17) is 4.74 Å². The fraction of sp³-hybridized carbons (Fsp3) is 0.0833. The summed E-state index contributed by atoms with van der Waals surface area (Å²) in [4.78, 5) is 25.8. The lowest BCUT2D eigenvalue weighted by atomic mass is 10.0. The first-order valence-electron chi connectivity index (χ1n) is 9.62. The summed E-state index contributed by atoms with van der Waals surface area (Å²) in [5.41, 5.74) is 1.85. The molecular formula is C24H18F2N2O3. The van der Waals surface area contributed by atoms with Crippen LogP contribution in [0, 0.1) is 11.6 Å². The summed E-state index contributed by atoms with van der Waals surface area (Å²) in [6, 6.07) is 17.0. The van der Waals surface area contributed by atoms with E-state index in [0.29, 0.717) is 24.0 Å². The molecule has 4 aromatic rings. The van der Waals surface area contributed by atoms with Crippen molar-refractivity contribution in [3.05, 3.63) is 90.3 Å². The quantitative estimate of drug-likeness (QED) is 0.349. The second-order valence-electron chi connectivity index (χ2n) is 6.77. The first-order valence-corrected chi connectivity index (χ1v) is 9.62. The fourth-order valence-electron chi connectivity index (χ4n) is 3.35. The van der Waals surface area contributed by atoms with E-state index in [1.165, 1.54) is 0 Å². The van der Waals surface area contributed by atoms with Crippen molar-refractivity contribution in [1.82, 2.24) is 4.40 Å². The Labute approximate surface area is 176 Å². The molecule has 1 N–H and O–H groups in total. The molecule has 0 fully saturated rings. The highest BCUT2D eigenvalue weighted by atomic mass is 19.1. The van der Waals surface area contributed by atoms with Crippen LogP contribution in [0.4, 0.5) is 14.5 Å². The summed E-state index contributed by atoms with van der Waals surface area (Å²) in [7, 11) is 0. The van der Waals surface area contributed by atoms with Crippen LogP contribution in [0.1, 0.15) is 17.4 Å². The number of anilines is 1. The second-order valence-corrected chi connectivity index (χ2v) is 6.77. The molecule has 7 heteroatoms. The molecule has 2 aromatic carbocycles. The number of rotatable bonds is 6. The number of carbonyl (C=O) groups is 2. The summed E-state index contributed by atoms with van der Waals surface area (Å²) >= 11 is 0. The zero-order valence-electron chi connectivity index (χ0n) is 16.6. The van der Waals surface area contributed by atoms with Gasteiger partial charge in [0.1, 0.15) is 23.1 Å². The maximum atomic E-state index is 13.9. The van der Waals surface area contributed by atoms with Crippen molar-refractivity contribution >= 4 is 22.9 Å². The van der Waals surface area contributed by atoms with Crippen molar-refractivity contribution in [2.24, 2.45) is 0 Å². The number of hydrogen-bond donors (Lipinski definition) is 1. The molecule has 5 nitrogen and oxygen atoms in total. The molecule has 156 valence electrons. The van der Waals surface area contributed by atoms with E-state index >= 15 is 0 Å². The Morgan fingerprint density at radius 2 is 1.77 bits per heavy atom. The van der Waals surface area contributed by atoms with Crippen LogP contribution in [-0.4, -0.2) is 22.7 Å². The summed E-state index contributed by atoms with van der Waals surface area (Å²) in [6.07, 6.45) is 1.67. The lowest BCUT2D eigenvalue weighted by Gasteiger charge is -2.09. The molecule has 0 saturated carbocycles. The number of fused-ring (bicyclic) bond motifs is 1. The molecule has 2 aromatic heterocycles. The molecule has 0 saturated heterocycles. The SMILES string of the molecule is CCOc1ccc(-c2cc3ccccn3c2C(=O)C(=O)Nc2ccc(F)cc2F)cc1. The number of pyridine rings is 1. The Bertz CT molecular complexity index is 1280. The van der Waals surface area contributed by atoms with E-state index in [1.54, 1.807) is 47.0 Å². The van der Waals surface area contributed by atoms with Gasteiger partial charge < -0.3 is 14.5 Å². The van der Waals surface area contributed by atoms with E-state index in [0.717, 1.165) is 23.2 Å². The highest BCUT2D eigenvalue weighted by Crippen LogP contribution is 2.30. The van der Waals surface area contributed by atoms with Crippen molar-refractivity contribution in [3.8, 4) is 16.9 Å². The highest BCUT2D eigenvalue weighted by molar-refractivity contribution is 6.47. The molecule has 0 aliphatic heterocycles. The number of benzene rings is 2. The molecule has 31 heavy (non-hydrogen) atoms. The van der Waals surface area contributed by atoms with Crippen molar-refractivity contribution in [3.63, 3.8) is 0 Å². The van der Waals surface area contributed by atoms with Crippen LogP contribution in [0.2, 0.25) is 0 Å². The normalized spacial score (nSPS) is 10.8. The van der Waals surface area contributed by atoms with E-state index in [1.807, 2.05) is 19.1 Å². The van der Waals surface area contributed by atoms with Crippen LogP contribution in [0.3, 0.4) is 0 Å². The van der Waals surface area contributed by atoms with Gasteiger partial charge in [0, 0.05) is 23.3 Å². The number of aromatic nitrogens is 1. The third-order valence-corrected chi connectivity index (χ3v) is 4.76. The molecule has 0 spiro atoms. The minimum absolute atomic E-state index is 0.139. The van der Waals surface area contributed by atoms with Crippen LogP contribution < -0.4 is 10.1 Å². The maximum Gasteiger partial charge on any atom is 0.298 e. The van der Waals surface area contributed by atoms with Gasteiger partial charge in [0.25, 0.3) is 11.7 Å². The maximum absolute atomic E-state index is 13.9. The lowest BCUT2D eigenvalue weighted by molar-refractivity contribution is -0.112. The lowest BCUT2D eigenvalue weighted by Crippen LogP contribution is -2.25. The fourth-order valence-corrected chi connectivity index (χ4v) is 3.35. The van der Waals surface area contributed by atoms with Gasteiger partial charge in [0.2, 0.25) is 0 Å². The van der Waals surface area contributed by atoms with Gasteiger partial charge in [0.05, 0.1) is 12.3 Å². The second kappa shape index (κ2) is 8.39.